The van der Waals surface area contributed by atoms with Gasteiger partial charge >= 0.3 is 5.97 Å². The van der Waals surface area contributed by atoms with E-state index in [0.29, 0.717) is 0 Å². The number of rotatable bonds is 2. The van der Waals surface area contributed by atoms with Gasteiger partial charge in [-0.1, -0.05) is 6.58 Å². The summed E-state index contributed by atoms with van der Waals surface area (Å²) in [6, 6.07) is 0. The Hall–Kier alpha value is -0.870. The van der Waals surface area contributed by atoms with Crippen LogP contribution in [0.2, 0.25) is 0 Å². The summed E-state index contributed by atoms with van der Waals surface area (Å²) in [5.41, 5.74) is 0. The maximum atomic E-state index is 9.25. The number of carboxylic acids is 1. The van der Waals surface area contributed by atoms with Crippen LogP contribution in [0.5, 0.6) is 0 Å². The molecule has 4 heteroatoms. The maximum Gasteiger partial charge on any atom is 0.327 e. The van der Waals surface area contributed by atoms with Crippen molar-refractivity contribution in [3.8, 4) is 0 Å². The van der Waals surface area contributed by atoms with Gasteiger partial charge in [0.25, 0.3) is 0 Å². The van der Waals surface area contributed by atoms with Gasteiger partial charge in [0, 0.05) is 6.08 Å². The number of hydrogen-bond acceptors (Lipinski definition) is 3. The fourth-order valence-corrected chi connectivity index (χ4v) is 0. The fraction of sp³-hybridized carbons (Fsp3) is 0.571. The van der Waals surface area contributed by atoms with Gasteiger partial charge in [-0.15, -0.1) is 0 Å². The number of hydrogen-bond donors (Lipinski definition) is 2. The van der Waals surface area contributed by atoms with Gasteiger partial charge in [-0.3, -0.25) is 4.90 Å². The van der Waals surface area contributed by atoms with E-state index < -0.39 is 5.97 Å². The van der Waals surface area contributed by atoms with E-state index in [1.165, 1.54) is 0 Å². The lowest BCUT2D eigenvalue weighted by molar-refractivity contribution is -0.131. The van der Waals surface area contributed by atoms with Crippen molar-refractivity contribution < 1.29 is 15.0 Å². The molecule has 0 aromatic heterocycles. The smallest absolute Gasteiger partial charge is 0.327 e. The minimum atomic E-state index is -0.981. The van der Waals surface area contributed by atoms with Crippen LogP contribution in [0.1, 0.15) is 6.92 Å². The third-order valence-electron chi connectivity index (χ3n) is 0.922. The van der Waals surface area contributed by atoms with Crippen LogP contribution in [0.15, 0.2) is 12.7 Å². The molecular weight excluding hydrogens is 146 g/mol. The number of carboxylic acid groups (broad SMARTS) is 1. The molecule has 4 nitrogen and oxygen atoms in total. The molecule has 0 radical (unpaired) electrons. The van der Waals surface area contributed by atoms with E-state index in [0.717, 1.165) is 6.08 Å². The number of aliphatic carboxylic acids is 1. The normalized spacial score (nSPS) is 11.4. The SMILES string of the molecule is C=CC(=O)O.CC(O)N(C)C. The van der Waals surface area contributed by atoms with E-state index >= 15 is 0 Å². The second-order valence-electron chi connectivity index (χ2n) is 2.14. The molecule has 0 bridgehead atoms. The van der Waals surface area contributed by atoms with Crippen LogP contribution in [-0.4, -0.2) is 41.4 Å². The number of nitrogens with zero attached hydrogens (tertiary/aromatic N) is 1. The highest BCUT2D eigenvalue weighted by molar-refractivity contribution is 5.78. The Morgan fingerprint density at radius 2 is 1.82 bits per heavy atom. The van der Waals surface area contributed by atoms with Crippen molar-refractivity contribution in [2.24, 2.45) is 0 Å². The summed E-state index contributed by atoms with van der Waals surface area (Å²) in [4.78, 5) is 11.0. The van der Waals surface area contributed by atoms with Crippen LogP contribution >= 0.6 is 0 Å². The Morgan fingerprint density at radius 3 is 1.82 bits per heavy atom. The molecule has 0 aliphatic carbocycles. The zero-order chi connectivity index (χ0) is 9.44. The van der Waals surface area contributed by atoms with Gasteiger partial charge in [0.2, 0.25) is 0 Å². The van der Waals surface area contributed by atoms with E-state index in [4.69, 9.17) is 10.2 Å². The first-order valence-electron chi connectivity index (χ1n) is 3.11. The maximum absolute atomic E-state index is 9.25. The summed E-state index contributed by atoms with van der Waals surface area (Å²) < 4.78 is 0. The van der Waals surface area contributed by atoms with Crippen LogP contribution in [0.3, 0.4) is 0 Å². The van der Waals surface area contributed by atoms with E-state index in [1.54, 1.807) is 11.8 Å². The third-order valence-corrected chi connectivity index (χ3v) is 0.922. The van der Waals surface area contributed by atoms with Crippen LogP contribution in [0, 0.1) is 0 Å². The zero-order valence-corrected chi connectivity index (χ0v) is 7.11. The van der Waals surface area contributed by atoms with Gasteiger partial charge in [-0.2, -0.15) is 0 Å². The molecule has 1 atom stereocenters. The Kier molecular flexibility index (Phi) is 8.41. The summed E-state index contributed by atoms with van der Waals surface area (Å²) in [6.45, 7) is 4.68. The predicted molar refractivity (Wildman–Crippen MR) is 43.2 cm³/mol. The van der Waals surface area contributed by atoms with Gasteiger partial charge in [-0.05, 0) is 21.0 Å². The largest absolute Gasteiger partial charge is 0.478 e. The van der Waals surface area contributed by atoms with E-state index in [-0.39, 0.29) is 6.23 Å². The second-order valence-corrected chi connectivity index (χ2v) is 2.14. The van der Waals surface area contributed by atoms with E-state index in [2.05, 4.69) is 6.58 Å². The highest BCUT2D eigenvalue weighted by atomic mass is 16.4. The molecule has 0 aromatic carbocycles. The highest BCUT2D eigenvalue weighted by Crippen LogP contribution is 1.79. The fourth-order valence-electron chi connectivity index (χ4n) is 0. The average molecular weight is 161 g/mol. The lowest BCUT2D eigenvalue weighted by atomic mass is 10.6. The number of aliphatic hydroxyl groups is 1. The Bertz CT molecular complexity index is 115. The standard InChI is InChI=1S/C4H11NO.C3H4O2/c1-4(6)5(2)3;1-2-3(4)5/h4,6H,1-3H3;2H,1H2,(H,4,5). The summed E-state index contributed by atoms with van der Waals surface area (Å²) in [5, 5.41) is 16.2. The van der Waals surface area contributed by atoms with Crippen LogP contribution in [0.25, 0.3) is 0 Å². The van der Waals surface area contributed by atoms with Crippen molar-refractivity contribution in [1.82, 2.24) is 4.90 Å². The lowest BCUT2D eigenvalue weighted by Gasteiger charge is -2.11. The molecule has 0 heterocycles. The lowest BCUT2D eigenvalue weighted by Crippen LogP contribution is -2.23. The molecule has 0 fully saturated rings. The van der Waals surface area contributed by atoms with Gasteiger partial charge in [-0.25, -0.2) is 4.79 Å². The molecule has 0 aromatic rings. The van der Waals surface area contributed by atoms with Crippen molar-refractivity contribution in [1.29, 1.82) is 0 Å². The summed E-state index contributed by atoms with van der Waals surface area (Å²) in [5.74, 6) is -0.981. The molecular formula is C7H15NO3. The molecule has 0 spiro atoms. The first kappa shape index (κ1) is 12.8. The molecule has 0 aliphatic rings. The number of carbonyl (C=O) groups is 1. The summed E-state index contributed by atoms with van der Waals surface area (Å²) in [6.07, 6.45) is 0.519. The molecule has 0 saturated heterocycles. The van der Waals surface area contributed by atoms with Crippen molar-refractivity contribution >= 4 is 5.97 Å². The van der Waals surface area contributed by atoms with Gasteiger partial charge in [0.05, 0.1) is 0 Å². The molecule has 0 saturated carbocycles. The van der Waals surface area contributed by atoms with Crippen LogP contribution in [0.4, 0.5) is 0 Å². The van der Waals surface area contributed by atoms with Crippen molar-refractivity contribution in [3.63, 3.8) is 0 Å². The van der Waals surface area contributed by atoms with Gasteiger partial charge < -0.3 is 10.2 Å². The Labute approximate surface area is 66.8 Å². The molecule has 1 unspecified atom stereocenters. The summed E-state index contributed by atoms with van der Waals surface area (Å²) in [7, 11) is 3.65. The molecule has 66 valence electrons. The van der Waals surface area contributed by atoms with Crippen molar-refractivity contribution in [2.75, 3.05) is 14.1 Å². The quantitative estimate of drug-likeness (QED) is 0.447. The monoisotopic (exact) mass is 161 g/mol. The minimum absolute atomic E-state index is 0.315. The van der Waals surface area contributed by atoms with Gasteiger partial charge in [0.15, 0.2) is 0 Å². The van der Waals surface area contributed by atoms with E-state index in [9.17, 15) is 4.79 Å². The molecule has 2 N–H and O–H groups in total. The van der Waals surface area contributed by atoms with E-state index in [1.807, 2.05) is 14.1 Å². The van der Waals surface area contributed by atoms with Gasteiger partial charge in [0.1, 0.15) is 6.23 Å². The van der Waals surface area contributed by atoms with Crippen molar-refractivity contribution in [3.05, 3.63) is 12.7 Å². The minimum Gasteiger partial charge on any atom is -0.478 e. The number of aliphatic hydroxyl groups excluding tert-OH is 1. The molecule has 0 aliphatic heterocycles. The van der Waals surface area contributed by atoms with Crippen molar-refractivity contribution in [2.45, 2.75) is 13.2 Å². The molecule has 11 heavy (non-hydrogen) atoms. The zero-order valence-electron chi connectivity index (χ0n) is 7.11. The Morgan fingerprint density at radius 1 is 1.64 bits per heavy atom. The molecule has 0 amide bonds. The topological polar surface area (TPSA) is 60.8 Å². The molecule has 0 rings (SSSR count). The van der Waals surface area contributed by atoms with Crippen LogP contribution in [-0.2, 0) is 4.79 Å². The first-order chi connectivity index (χ1) is 4.91. The summed E-state index contributed by atoms with van der Waals surface area (Å²) >= 11 is 0. The first-order valence-corrected chi connectivity index (χ1v) is 3.11. The predicted octanol–water partition coefficient (Wildman–Crippen LogP) is 0.143. The second kappa shape index (κ2) is 7.24. The average Bonchev–Trinajstić information content (AvgIpc) is 1.89. The van der Waals surface area contributed by atoms with Crippen LogP contribution < -0.4 is 0 Å². The highest BCUT2D eigenvalue weighted by Gasteiger charge is 1.92. The third kappa shape index (κ3) is 17.6. The Balaban J connectivity index is 0.